The molecule has 0 amide bonds. The topological polar surface area (TPSA) is 76.9 Å². The third kappa shape index (κ3) is 1.46. The van der Waals surface area contributed by atoms with Crippen LogP contribution in [0.25, 0.3) is 26.2 Å². The molecule has 0 aliphatic rings. The second-order valence-electron chi connectivity index (χ2n) is 2.94. The highest BCUT2D eigenvalue weighted by Crippen LogP contribution is 2.32. The molecule has 0 fully saturated rings. The fraction of sp³-hybridized carbons (Fsp3) is 0. The molecule has 0 saturated heterocycles. The second kappa shape index (κ2) is 3.66. The van der Waals surface area contributed by atoms with E-state index in [0.717, 1.165) is 10.8 Å². The van der Waals surface area contributed by atoms with E-state index in [1.165, 1.54) is 0 Å². The first-order valence-corrected chi connectivity index (χ1v) is 4.29. The number of hydrogen-bond donors (Lipinski definition) is 0. The van der Waals surface area contributed by atoms with Gasteiger partial charge in [0.2, 0.25) is 5.39 Å². The van der Waals surface area contributed by atoms with Crippen molar-refractivity contribution in [2.75, 3.05) is 0 Å². The Morgan fingerprint density at radius 3 is 2.53 bits per heavy atom. The lowest BCUT2D eigenvalue weighted by molar-refractivity contribution is 1.47. The molecular weight excluding hydrogens is 190 g/mol. The minimum absolute atomic E-state index is 0.461. The van der Waals surface area contributed by atoms with E-state index < -0.39 is 0 Å². The van der Waals surface area contributed by atoms with Crippen LogP contribution in [0.1, 0.15) is 0 Å². The SMILES string of the molecule is N#[N+]c1cccc2c(N=[N+]=[N-])cccc12. The van der Waals surface area contributed by atoms with E-state index in [1.54, 1.807) is 30.3 Å². The van der Waals surface area contributed by atoms with Gasteiger partial charge in [-0.05, 0) is 17.0 Å². The van der Waals surface area contributed by atoms with Gasteiger partial charge in [-0.25, -0.2) is 0 Å². The van der Waals surface area contributed by atoms with Gasteiger partial charge >= 0.3 is 5.69 Å². The fourth-order valence-electron chi connectivity index (χ4n) is 1.50. The summed E-state index contributed by atoms with van der Waals surface area (Å²) < 4.78 is 0. The Morgan fingerprint density at radius 1 is 1.07 bits per heavy atom. The van der Waals surface area contributed by atoms with Crippen molar-refractivity contribution in [2.24, 2.45) is 5.11 Å². The van der Waals surface area contributed by atoms with E-state index in [0.29, 0.717) is 11.4 Å². The molecule has 2 rings (SSSR count). The Bertz CT molecular complexity index is 605. The number of nitrogens with zero attached hydrogens (tertiary/aromatic N) is 5. The van der Waals surface area contributed by atoms with Gasteiger partial charge in [0.25, 0.3) is 0 Å². The van der Waals surface area contributed by atoms with Crippen LogP contribution in [-0.2, 0) is 0 Å². The molecule has 0 atom stereocenters. The number of azide groups is 1. The van der Waals surface area contributed by atoms with Crippen LogP contribution in [0.5, 0.6) is 0 Å². The Kier molecular flexibility index (Phi) is 2.20. The smallest absolute Gasteiger partial charge is 0.0609 e. The molecule has 15 heavy (non-hydrogen) atoms. The molecule has 0 aromatic heterocycles. The van der Waals surface area contributed by atoms with Crippen molar-refractivity contribution in [1.82, 2.24) is 0 Å². The van der Waals surface area contributed by atoms with Crippen LogP contribution in [0.2, 0.25) is 0 Å². The largest absolute Gasteiger partial charge is 0.392 e. The molecule has 2 aromatic rings. The van der Waals surface area contributed by atoms with Gasteiger partial charge in [0.05, 0.1) is 5.39 Å². The maximum absolute atomic E-state index is 8.78. The molecule has 0 saturated carbocycles. The zero-order chi connectivity index (χ0) is 10.7. The van der Waals surface area contributed by atoms with Gasteiger partial charge in [0.1, 0.15) is 0 Å². The number of fused-ring (bicyclic) bond motifs is 1. The van der Waals surface area contributed by atoms with E-state index >= 15 is 0 Å². The van der Waals surface area contributed by atoms with Gasteiger partial charge in [-0.2, -0.15) is 0 Å². The van der Waals surface area contributed by atoms with Gasteiger partial charge in [0.15, 0.2) is 4.98 Å². The van der Waals surface area contributed by atoms with Crippen LogP contribution in [0, 0.1) is 5.39 Å². The Hall–Kier alpha value is -2.57. The number of benzene rings is 2. The van der Waals surface area contributed by atoms with Crippen molar-refractivity contribution in [3.8, 4) is 0 Å². The average molecular weight is 196 g/mol. The minimum Gasteiger partial charge on any atom is -0.0609 e. The maximum Gasteiger partial charge on any atom is 0.392 e. The van der Waals surface area contributed by atoms with E-state index in [9.17, 15) is 0 Å². The molecule has 2 aromatic carbocycles. The average Bonchev–Trinajstić information content (AvgIpc) is 2.29. The standard InChI is InChI=1S/C10H6N5/c11-13-9-5-1-4-8-7(9)3-2-6-10(8)14-15-12/h1-6H/q+1. The lowest BCUT2D eigenvalue weighted by Crippen LogP contribution is -1.72. The monoisotopic (exact) mass is 196 g/mol. The first-order chi connectivity index (χ1) is 7.36. The summed E-state index contributed by atoms with van der Waals surface area (Å²) in [6, 6.07) is 10.5. The highest BCUT2D eigenvalue weighted by molar-refractivity contribution is 6.00. The molecule has 5 heteroatoms. The van der Waals surface area contributed by atoms with Crippen LogP contribution >= 0.6 is 0 Å². The van der Waals surface area contributed by atoms with E-state index in [2.05, 4.69) is 15.0 Å². The van der Waals surface area contributed by atoms with Gasteiger partial charge in [-0.3, -0.25) is 0 Å². The minimum atomic E-state index is 0.461. The quantitative estimate of drug-likeness (QED) is 0.290. The number of rotatable bonds is 1. The van der Waals surface area contributed by atoms with Gasteiger partial charge in [-0.15, -0.1) is 0 Å². The van der Waals surface area contributed by atoms with E-state index in [1.807, 2.05) is 6.07 Å². The predicted molar refractivity (Wildman–Crippen MR) is 57.5 cm³/mol. The second-order valence-corrected chi connectivity index (χ2v) is 2.94. The first-order valence-electron chi connectivity index (χ1n) is 4.29. The third-order valence-electron chi connectivity index (χ3n) is 2.14. The molecule has 0 aliphatic carbocycles. The van der Waals surface area contributed by atoms with Crippen LogP contribution in [-0.4, -0.2) is 0 Å². The Labute approximate surface area is 85.2 Å². The third-order valence-corrected chi connectivity index (χ3v) is 2.14. The van der Waals surface area contributed by atoms with Crippen molar-refractivity contribution in [1.29, 1.82) is 5.39 Å². The summed E-state index contributed by atoms with van der Waals surface area (Å²) in [7, 11) is 0. The lowest BCUT2D eigenvalue weighted by Gasteiger charge is -1.97. The van der Waals surface area contributed by atoms with Gasteiger partial charge in [0, 0.05) is 16.7 Å². The van der Waals surface area contributed by atoms with Crippen LogP contribution in [0.15, 0.2) is 41.5 Å². The van der Waals surface area contributed by atoms with Crippen LogP contribution in [0.4, 0.5) is 11.4 Å². The van der Waals surface area contributed by atoms with Crippen molar-refractivity contribution in [2.45, 2.75) is 0 Å². The van der Waals surface area contributed by atoms with E-state index in [-0.39, 0.29) is 0 Å². The molecule has 0 heterocycles. The molecule has 5 nitrogen and oxygen atoms in total. The maximum atomic E-state index is 8.78. The summed E-state index contributed by atoms with van der Waals surface area (Å²) in [5.74, 6) is 0. The first kappa shape index (κ1) is 9.00. The summed E-state index contributed by atoms with van der Waals surface area (Å²) in [6.45, 7) is 0. The van der Waals surface area contributed by atoms with Gasteiger partial charge in [-0.1, -0.05) is 29.4 Å². The van der Waals surface area contributed by atoms with Gasteiger partial charge < -0.3 is 0 Å². The zero-order valence-electron chi connectivity index (χ0n) is 7.70. The molecule has 0 unspecified atom stereocenters. The zero-order valence-corrected chi connectivity index (χ0v) is 7.70. The molecule has 0 radical (unpaired) electrons. The molecule has 0 aliphatic heterocycles. The normalized spacial score (nSPS) is 9.27. The lowest BCUT2D eigenvalue weighted by atomic mass is 10.1. The van der Waals surface area contributed by atoms with Crippen molar-refractivity contribution < 1.29 is 0 Å². The predicted octanol–water partition coefficient (Wildman–Crippen LogP) is 4.27. The number of hydrogen-bond acceptors (Lipinski definition) is 2. The van der Waals surface area contributed by atoms with Crippen molar-refractivity contribution in [3.63, 3.8) is 0 Å². The molecular formula is C10H6N5+. The Balaban J connectivity index is 2.89. The number of diazo groups is 1. The van der Waals surface area contributed by atoms with E-state index in [4.69, 9.17) is 10.9 Å². The highest BCUT2D eigenvalue weighted by atomic mass is 15.1. The molecule has 70 valence electrons. The summed E-state index contributed by atoms with van der Waals surface area (Å²) in [5, 5.41) is 13.9. The van der Waals surface area contributed by atoms with Crippen LogP contribution < -0.4 is 0 Å². The molecule has 0 N–H and O–H groups in total. The highest BCUT2D eigenvalue weighted by Gasteiger charge is 2.11. The summed E-state index contributed by atoms with van der Waals surface area (Å²) in [4.78, 5) is 5.91. The summed E-state index contributed by atoms with van der Waals surface area (Å²) in [6.07, 6.45) is 0. The molecule has 0 bridgehead atoms. The summed E-state index contributed by atoms with van der Waals surface area (Å²) >= 11 is 0. The van der Waals surface area contributed by atoms with Crippen molar-refractivity contribution >= 4 is 22.1 Å². The fourth-order valence-corrected chi connectivity index (χ4v) is 1.50. The summed E-state index contributed by atoms with van der Waals surface area (Å²) in [5.41, 5.74) is 9.38. The molecule has 0 spiro atoms. The van der Waals surface area contributed by atoms with Crippen molar-refractivity contribution in [3.05, 3.63) is 51.8 Å². The Morgan fingerprint density at radius 2 is 1.80 bits per heavy atom. The van der Waals surface area contributed by atoms with Crippen LogP contribution in [0.3, 0.4) is 0 Å².